The highest BCUT2D eigenvalue weighted by atomic mass is 32.2. The smallest absolute Gasteiger partial charge is 0.260 e. The highest BCUT2D eigenvalue weighted by molar-refractivity contribution is 7.99. The minimum Gasteiger partial charge on any atom is -0.376 e. The van der Waals surface area contributed by atoms with Gasteiger partial charge in [-0.1, -0.05) is 32.0 Å². The van der Waals surface area contributed by atoms with E-state index in [1.54, 1.807) is 11.3 Å². The number of ether oxygens (including phenoxy) is 1. The molecule has 0 spiro atoms. The van der Waals surface area contributed by atoms with Crippen molar-refractivity contribution in [1.82, 2.24) is 15.3 Å². The van der Waals surface area contributed by atoms with Gasteiger partial charge in [0, 0.05) is 18.0 Å². The molecule has 8 heteroatoms. The number of thiophene rings is 1. The van der Waals surface area contributed by atoms with E-state index in [1.165, 1.54) is 11.8 Å². The van der Waals surface area contributed by atoms with E-state index in [0.717, 1.165) is 47.6 Å². The van der Waals surface area contributed by atoms with Gasteiger partial charge in [-0.05, 0) is 37.7 Å². The van der Waals surface area contributed by atoms with E-state index in [0.29, 0.717) is 23.0 Å². The van der Waals surface area contributed by atoms with Crippen LogP contribution in [0.5, 0.6) is 0 Å². The summed E-state index contributed by atoms with van der Waals surface area (Å²) in [4.78, 5) is 34.0. The molecular weight excluding hydrogens is 382 g/mol. The molecule has 6 nitrogen and oxygen atoms in total. The molecule has 27 heavy (non-hydrogen) atoms. The Balaban J connectivity index is 1.65. The molecular formula is C19H27N3O3S2. The quantitative estimate of drug-likeness (QED) is 0.516. The molecule has 2 unspecified atom stereocenters. The van der Waals surface area contributed by atoms with Gasteiger partial charge in [-0.2, -0.15) is 0 Å². The zero-order valence-electron chi connectivity index (χ0n) is 16.1. The second kappa shape index (κ2) is 9.21. The Morgan fingerprint density at radius 3 is 3.04 bits per heavy atom. The first-order valence-electron chi connectivity index (χ1n) is 9.51. The number of carbonyl (C=O) groups excluding carboxylic acids is 1. The summed E-state index contributed by atoms with van der Waals surface area (Å²) in [7, 11) is 0. The van der Waals surface area contributed by atoms with Gasteiger partial charge in [0.15, 0.2) is 5.16 Å². The third kappa shape index (κ3) is 5.12. The monoisotopic (exact) mass is 409 g/mol. The van der Waals surface area contributed by atoms with Crippen molar-refractivity contribution in [3.63, 3.8) is 0 Å². The average molecular weight is 410 g/mol. The summed E-state index contributed by atoms with van der Waals surface area (Å²) >= 11 is 2.82. The lowest BCUT2D eigenvalue weighted by atomic mass is 9.98. The molecule has 148 valence electrons. The van der Waals surface area contributed by atoms with Gasteiger partial charge in [0.25, 0.3) is 5.56 Å². The van der Waals surface area contributed by atoms with Crippen molar-refractivity contribution in [2.75, 3.05) is 18.9 Å². The van der Waals surface area contributed by atoms with Crippen LogP contribution in [0.15, 0.2) is 9.95 Å². The molecule has 0 saturated carbocycles. The fraction of sp³-hybridized carbons (Fsp3) is 0.632. The fourth-order valence-electron chi connectivity index (χ4n) is 3.18. The summed E-state index contributed by atoms with van der Waals surface area (Å²) in [6.07, 6.45) is 4.16. The number of hydrogen-bond donors (Lipinski definition) is 2. The summed E-state index contributed by atoms with van der Waals surface area (Å²) < 4.78 is 5.50. The van der Waals surface area contributed by atoms with Crippen LogP contribution in [-0.4, -0.2) is 40.9 Å². The van der Waals surface area contributed by atoms with E-state index in [2.05, 4.69) is 36.1 Å². The van der Waals surface area contributed by atoms with Crippen LogP contribution in [0.1, 0.15) is 43.6 Å². The first kappa shape index (κ1) is 20.4. The third-order valence-corrected chi connectivity index (χ3v) is 6.90. The Morgan fingerprint density at radius 2 is 2.33 bits per heavy atom. The van der Waals surface area contributed by atoms with Gasteiger partial charge in [0.05, 0.1) is 17.2 Å². The number of rotatable bonds is 8. The topological polar surface area (TPSA) is 84.1 Å². The fourth-order valence-corrected chi connectivity index (χ4v) is 4.98. The highest BCUT2D eigenvalue weighted by Crippen LogP contribution is 2.30. The van der Waals surface area contributed by atoms with E-state index in [1.807, 2.05) is 0 Å². The highest BCUT2D eigenvalue weighted by Gasteiger charge is 2.18. The van der Waals surface area contributed by atoms with Crippen molar-refractivity contribution in [2.45, 2.75) is 57.7 Å². The second-order valence-corrected chi connectivity index (χ2v) is 9.30. The van der Waals surface area contributed by atoms with E-state index in [9.17, 15) is 9.59 Å². The number of aromatic nitrogens is 2. The van der Waals surface area contributed by atoms with Gasteiger partial charge in [-0.15, -0.1) is 11.3 Å². The maximum absolute atomic E-state index is 12.6. The molecule has 1 aliphatic heterocycles. The molecule has 2 aromatic heterocycles. The van der Waals surface area contributed by atoms with Crippen LogP contribution < -0.4 is 10.9 Å². The van der Waals surface area contributed by atoms with Crippen LogP contribution in [0.3, 0.4) is 0 Å². The Kier molecular flexibility index (Phi) is 6.94. The Morgan fingerprint density at radius 1 is 1.52 bits per heavy atom. The van der Waals surface area contributed by atoms with Crippen molar-refractivity contribution >= 4 is 39.2 Å². The largest absolute Gasteiger partial charge is 0.376 e. The standard InChI is InChI=1S/C19H27N3O3S2/c1-4-11(2)8-14-12(3)27-18-16(14)17(24)21-19(22-18)26-10-15(23)20-9-13-6-5-7-25-13/h11,13H,4-10H2,1-3H3,(H,20,23)(H,21,22,24). The molecule has 1 fully saturated rings. The normalized spacial score (nSPS) is 18.1. The summed E-state index contributed by atoms with van der Waals surface area (Å²) in [5.74, 6) is 0.686. The number of thioether (sulfide) groups is 1. The van der Waals surface area contributed by atoms with E-state index in [4.69, 9.17) is 4.74 Å². The van der Waals surface area contributed by atoms with Crippen LogP contribution in [0.4, 0.5) is 0 Å². The minimum atomic E-state index is -0.107. The number of H-pyrrole nitrogens is 1. The maximum Gasteiger partial charge on any atom is 0.260 e. The molecule has 0 radical (unpaired) electrons. The number of hydrogen-bond acceptors (Lipinski definition) is 6. The number of carbonyl (C=O) groups is 1. The molecule has 1 aliphatic rings. The minimum absolute atomic E-state index is 0.0712. The van der Waals surface area contributed by atoms with Crippen LogP contribution in [0.25, 0.3) is 10.2 Å². The van der Waals surface area contributed by atoms with Gasteiger partial charge < -0.3 is 15.0 Å². The van der Waals surface area contributed by atoms with E-state index in [-0.39, 0.29) is 23.3 Å². The van der Waals surface area contributed by atoms with Crippen molar-refractivity contribution in [1.29, 1.82) is 0 Å². The van der Waals surface area contributed by atoms with Gasteiger partial charge in [0.2, 0.25) is 5.91 Å². The van der Waals surface area contributed by atoms with Gasteiger partial charge in [-0.3, -0.25) is 9.59 Å². The molecule has 3 rings (SSSR count). The number of aromatic amines is 1. The first-order valence-corrected chi connectivity index (χ1v) is 11.3. The van der Waals surface area contributed by atoms with Crippen molar-refractivity contribution in [3.8, 4) is 0 Å². The van der Waals surface area contributed by atoms with Crippen LogP contribution >= 0.6 is 23.1 Å². The Hall–Kier alpha value is -1.38. The molecule has 2 atom stereocenters. The Bertz CT molecular complexity index is 856. The SMILES string of the molecule is CCC(C)Cc1c(C)sc2nc(SCC(=O)NCC3CCCO3)[nH]c(=O)c12. The molecule has 2 N–H and O–H groups in total. The molecule has 0 bridgehead atoms. The summed E-state index contributed by atoms with van der Waals surface area (Å²) in [6.45, 7) is 7.74. The zero-order valence-corrected chi connectivity index (χ0v) is 17.7. The lowest BCUT2D eigenvalue weighted by Crippen LogP contribution is -2.33. The van der Waals surface area contributed by atoms with Gasteiger partial charge in [-0.25, -0.2) is 4.98 Å². The van der Waals surface area contributed by atoms with Crippen LogP contribution in [0, 0.1) is 12.8 Å². The van der Waals surface area contributed by atoms with Crippen molar-refractivity contribution < 1.29 is 9.53 Å². The summed E-state index contributed by atoms with van der Waals surface area (Å²) in [5, 5.41) is 4.10. The first-order chi connectivity index (χ1) is 13.0. The number of nitrogens with zero attached hydrogens (tertiary/aromatic N) is 1. The maximum atomic E-state index is 12.6. The number of fused-ring (bicyclic) bond motifs is 1. The molecule has 0 aromatic carbocycles. The van der Waals surface area contributed by atoms with Crippen molar-refractivity contribution in [3.05, 3.63) is 20.8 Å². The number of nitrogens with one attached hydrogen (secondary N) is 2. The second-order valence-electron chi connectivity index (χ2n) is 7.13. The molecule has 3 heterocycles. The number of amides is 1. The third-order valence-electron chi connectivity index (χ3n) is 4.98. The molecule has 1 saturated heterocycles. The summed E-state index contributed by atoms with van der Waals surface area (Å²) in [6, 6.07) is 0. The average Bonchev–Trinajstić information content (AvgIpc) is 3.26. The number of aryl methyl sites for hydroxylation is 1. The predicted molar refractivity (Wildman–Crippen MR) is 111 cm³/mol. The summed E-state index contributed by atoms with van der Waals surface area (Å²) in [5.41, 5.74) is 1.01. The van der Waals surface area contributed by atoms with Crippen LogP contribution in [0.2, 0.25) is 0 Å². The van der Waals surface area contributed by atoms with Gasteiger partial charge in [0.1, 0.15) is 4.83 Å². The molecule has 0 aliphatic carbocycles. The molecule has 1 amide bonds. The lowest BCUT2D eigenvalue weighted by molar-refractivity contribution is -0.119. The van der Waals surface area contributed by atoms with Crippen molar-refractivity contribution in [2.24, 2.45) is 5.92 Å². The Labute approximate surface area is 167 Å². The lowest BCUT2D eigenvalue weighted by Gasteiger charge is -2.10. The van der Waals surface area contributed by atoms with E-state index < -0.39 is 0 Å². The van der Waals surface area contributed by atoms with E-state index >= 15 is 0 Å². The van der Waals surface area contributed by atoms with Gasteiger partial charge >= 0.3 is 0 Å². The van der Waals surface area contributed by atoms with Crippen LogP contribution in [-0.2, 0) is 16.0 Å². The zero-order chi connectivity index (χ0) is 19.4. The predicted octanol–water partition coefficient (Wildman–Crippen LogP) is 3.27. The molecule has 2 aromatic rings.